The molecule has 0 aliphatic heterocycles. The van der Waals surface area contributed by atoms with Crippen LogP contribution in [0.25, 0.3) is 10.9 Å². The molecule has 1 aromatic carbocycles. The summed E-state index contributed by atoms with van der Waals surface area (Å²) in [6, 6.07) is 8.93. The minimum atomic E-state index is 0.214. The Balaban J connectivity index is 1.90. The Kier molecular flexibility index (Phi) is 3.05. The van der Waals surface area contributed by atoms with Crippen LogP contribution in [-0.2, 0) is 17.8 Å². The van der Waals surface area contributed by atoms with Crippen LogP contribution in [0.15, 0.2) is 30.5 Å². The van der Waals surface area contributed by atoms with Gasteiger partial charge in [-0.3, -0.25) is 4.79 Å². The third-order valence-electron chi connectivity index (χ3n) is 4.05. The number of hydrogen-bond donors (Lipinski definition) is 0. The van der Waals surface area contributed by atoms with E-state index in [0.29, 0.717) is 12.6 Å². The lowest BCUT2D eigenvalue weighted by molar-refractivity contribution is -0.130. The highest BCUT2D eigenvalue weighted by molar-refractivity contribution is 5.85. The van der Waals surface area contributed by atoms with Crippen molar-refractivity contribution in [2.24, 2.45) is 0 Å². The molecule has 0 N–H and O–H groups in total. The maximum absolute atomic E-state index is 12.2. The molecule has 19 heavy (non-hydrogen) atoms. The van der Waals surface area contributed by atoms with Crippen LogP contribution < -0.4 is 0 Å². The molecule has 100 valence electrons. The molecular formula is C16H20N2O. The number of para-hydroxylation sites is 1. The molecule has 1 aromatic heterocycles. The normalized spacial score (nSPS) is 14.8. The zero-order valence-corrected chi connectivity index (χ0v) is 11.6. The summed E-state index contributed by atoms with van der Waals surface area (Å²) in [4.78, 5) is 14.1. The number of aryl methyl sites for hydroxylation is 1. The van der Waals surface area contributed by atoms with Gasteiger partial charge in [-0.2, -0.15) is 0 Å². The van der Waals surface area contributed by atoms with Gasteiger partial charge in [0, 0.05) is 19.3 Å². The van der Waals surface area contributed by atoms with Gasteiger partial charge in [0.05, 0.1) is 5.52 Å². The van der Waals surface area contributed by atoms with Crippen LogP contribution in [0.3, 0.4) is 0 Å². The molecule has 0 spiro atoms. The van der Waals surface area contributed by atoms with Gasteiger partial charge in [0.15, 0.2) is 0 Å². The Morgan fingerprint density at radius 3 is 2.84 bits per heavy atom. The number of fused-ring (bicyclic) bond motifs is 1. The molecule has 1 aliphatic carbocycles. The second-order valence-corrected chi connectivity index (χ2v) is 5.39. The summed E-state index contributed by atoms with van der Waals surface area (Å²) in [5.74, 6) is 0.214. The van der Waals surface area contributed by atoms with Crippen LogP contribution >= 0.6 is 0 Å². The Hall–Kier alpha value is -1.77. The molecule has 2 aromatic rings. The van der Waals surface area contributed by atoms with Crippen molar-refractivity contribution >= 4 is 16.8 Å². The predicted molar refractivity (Wildman–Crippen MR) is 77.1 cm³/mol. The van der Waals surface area contributed by atoms with E-state index in [-0.39, 0.29) is 5.91 Å². The topological polar surface area (TPSA) is 25.2 Å². The monoisotopic (exact) mass is 256 g/mol. The van der Waals surface area contributed by atoms with Gasteiger partial charge in [-0.1, -0.05) is 25.1 Å². The van der Waals surface area contributed by atoms with Gasteiger partial charge >= 0.3 is 0 Å². The highest BCUT2D eigenvalue weighted by Gasteiger charge is 2.29. The fraction of sp³-hybridized carbons (Fsp3) is 0.438. The van der Waals surface area contributed by atoms with Gasteiger partial charge in [-0.15, -0.1) is 0 Å². The molecule has 1 fully saturated rings. The third-order valence-corrected chi connectivity index (χ3v) is 4.05. The zero-order chi connectivity index (χ0) is 13.4. The van der Waals surface area contributed by atoms with Crippen molar-refractivity contribution in [3.05, 3.63) is 36.0 Å². The Morgan fingerprint density at radius 1 is 1.37 bits per heavy atom. The first kappa shape index (κ1) is 12.3. The number of hydrogen-bond acceptors (Lipinski definition) is 1. The van der Waals surface area contributed by atoms with E-state index in [2.05, 4.69) is 35.8 Å². The zero-order valence-electron chi connectivity index (χ0n) is 11.6. The lowest BCUT2D eigenvalue weighted by atomic mass is 10.1. The third kappa shape index (κ3) is 2.25. The maximum atomic E-state index is 12.2. The highest BCUT2D eigenvalue weighted by Crippen LogP contribution is 2.26. The molecule has 3 heteroatoms. The standard InChI is InChI=1S/C16H20N2O/c1-3-12-5-4-6-13-9-10-18(16(12)13)11-15(19)17(2)14-7-8-14/h4-6,9-10,14H,3,7-8,11H2,1-2H3. The molecule has 3 rings (SSSR count). The summed E-state index contributed by atoms with van der Waals surface area (Å²) in [5.41, 5.74) is 2.52. The number of aromatic nitrogens is 1. The van der Waals surface area contributed by atoms with Crippen molar-refractivity contribution in [1.82, 2.24) is 9.47 Å². The van der Waals surface area contributed by atoms with Crippen molar-refractivity contribution in [1.29, 1.82) is 0 Å². The fourth-order valence-corrected chi connectivity index (χ4v) is 2.68. The number of rotatable bonds is 4. The van der Waals surface area contributed by atoms with Crippen LogP contribution in [0.1, 0.15) is 25.3 Å². The van der Waals surface area contributed by atoms with Crippen LogP contribution in [0.4, 0.5) is 0 Å². The van der Waals surface area contributed by atoms with Crippen molar-refractivity contribution in [2.45, 2.75) is 38.8 Å². The smallest absolute Gasteiger partial charge is 0.242 e. The van der Waals surface area contributed by atoms with Crippen LogP contribution in [0.2, 0.25) is 0 Å². The van der Waals surface area contributed by atoms with Gasteiger partial charge in [-0.05, 0) is 36.3 Å². The van der Waals surface area contributed by atoms with Gasteiger partial charge in [0.1, 0.15) is 6.54 Å². The summed E-state index contributed by atoms with van der Waals surface area (Å²) >= 11 is 0. The fourth-order valence-electron chi connectivity index (χ4n) is 2.68. The van der Waals surface area contributed by atoms with E-state index in [1.807, 2.05) is 18.1 Å². The van der Waals surface area contributed by atoms with E-state index in [1.54, 1.807) is 0 Å². The molecule has 3 nitrogen and oxygen atoms in total. The Morgan fingerprint density at radius 2 is 2.16 bits per heavy atom. The number of likely N-dealkylation sites (N-methyl/N-ethyl adjacent to an activating group) is 1. The van der Waals surface area contributed by atoms with Crippen molar-refractivity contribution < 1.29 is 4.79 Å². The summed E-state index contributed by atoms with van der Waals surface area (Å²) in [6.45, 7) is 2.61. The van der Waals surface area contributed by atoms with Crippen LogP contribution in [0, 0.1) is 0 Å². The molecule has 1 heterocycles. The van der Waals surface area contributed by atoms with Crippen molar-refractivity contribution in [2.75, 3.05) is 7.05 Å². The quantitative estimate of drug-likeness (QED) is 0.825. The number of amides is 1. The Bertz CT molecular complexity index is 610. The van der Waals surface area contributed by atoms with Gasteiger partial charge < -0.3 is 9.47 Å². The Labute approximate surface area is 113 Å². The lowest BCUT2D eigenvalue weighted by Crippen LogP contribution is -2.31. The lowest BCUT2D eigenvalue weighted by Gasteiger charge is -2.17. The van der Waals surface area contributed by atoms with E-state index in [9.17, 15) is 4.79 Å². The molecule has 0 saturated heterocycles. The van der Waals surface area contributed by atoms with Crippen molar-refractivity contribution in [3.63, 3.8) is 0 Å². The molecule has 0 atom stereocenters. The minimum absolute atomic E-state index is 0.214. The SMILES string of the molecule is CCc1cccc2ccn(CC(=O)N(C)C3CC3)c12. The number of carbonyl (C=O) groups excluding carboxylic acids is 1. The molecule has 1 saturated carbocycles. The summed E-state index contributed by atoms with van der Waals surface area (Å²) in [5, 5.41) is 1.22. The first-order valence-electron chi connectivity index (χ1n) is 7.03. The largest absolute Gasteiger partial charge is 0.341 e. The molecule has 0 bridgehead atoms. The number of benzene rings is 1. The van der Waals surface area contributed by atoms with E-state index < -0.39 is 0 Å². The molecule has 0 unspecified atom stereocenters. The summed E-state index contributed by atoms with van der Waals surface area (Å²) in [7, 11) is 1.92. The number of carbonyl (C=O) groups is 1. The molecular weight excluding hydrogens is 236 g/mol. The first-order chi connectivity index (χ1) is 9.20. The van der Waals surface area contributed by atoms with Crippen LogP contribution in [-0.4, -0.2) is 28.5 Å². The summed E-state index contributed by atoms with van der Waals surface area (Å²) in [6.07, 6.45) is 5.35. The van der Waals surface area contributed by atoms with Gasteiger partial charge in [-0.25, -0.2) is 0 Å². The molecule has 1 aliphatic rings. The average molecular weight is 256 g/mol. The van der Waals surface area contributed by atoms with E-state index in [1.165, 1.54) is 16.5 Å². The average Bonchev–Trinajstić information content (AvgIpc) is 3.20. The molecule has 1 amide bonds. The molecule has 0 radical (unpaired) electrons. The first-order valence-corrected chi connectivity index (χ1v) is 7.03. The predicted octanol–water partition coefficient (Wildman–Crippen LogP) is 2.82. The second-order valence-electron chi connectivity index (χ2n) is 5.39. The minimum Gasteiger partial charge on any atom is -0.341 e. The second kappa shape index (κ2) is 4.72. The van der Waals surface area contributed by atoms with Crippen LogP contribution in [0.5, 0.6) is 0 Å². The van der Waals surface area contributed by atoms with Gasteiger partial charge in [0.2, 0.25) is 5.91 Å². The van der Waals surface area contributed by atoms with Crippen molar-refractivity contribution in [3.8, 4) is 0 Å². The van der Waals surface area contributed by atoms with E-state index in [0.717, 1.165) is 19.3 Å². The highest BCUT2D eigenvalue weighted by atomic mass is 16.2. The van der Waals surface area contributed by atoms with Gasteiger partial charge in [0.25, 0.3) is 0 Å². The summed E-state index contributed by atoms with van der Waals surface area (Å²) < 4.78 is 2.09. The van der Waals surface area contributed by atoms with E-state index in [4.69, 9.17) is 0 Å². The van der Waals surface area contributed by atoms with E-state index >= 15 is 0 Å². The number of nitrogens with zero attached hydrogens (tertiary/aromatic N) is 2. The maximum Gasteiger partial charge on any atom is 0.242 e.